The van der Waals surface area contributed by atoms with E-state index in [0.717, 1.165) is 16.0 Å². The molecule has 2 aromatic heterocycles. The van der Waals surface area contributed by atoms with Crippen LogP contribution >= 0.6 is 11.3 Å². The van der Waals surface area contributed by atoms with Crippen LogP contribution in [0.5, 0.6) is 0 Å². The molecule has 0 saturated carbocycles. The van der Waals surface area contributed by atoms with Gasteiger partial charge in [0.2, 0.25) is 5.91 Å². The van der Waals surface area contributed by atoms with Gasteiger partial charge in [-0.15, -0.1) is 11.3 Å². The Bertz CT molecular complexity index is 1090. The summed E-state index contributed by atoms with van der Waals surface area (Å²) in [7, 11) is -3.06. The van der Waals surface area contributed by atoms with Gasteiger partial charge in [-0.2, -0.15) is 0 Å². The van der Waals surface area contributed by atoms with Gasteiger partial charge in [0.1, 0.15) is 5.76 Å². The number of sulfone groups is 1. The van der Waals surface area contributed by atoms with Gasteiger partial charge in [0.05, 0.1) is 36.9 Å². The number of carbonyl (C=O) groups is 1. The van der Waals surface area contributed by atoms with Crippen LogP contribution in [-0.2, 0) is 21.2 Å². The second-order valence-corrected chi connectivity index (χ2v) is 11.2. The molecular formula is C23H26N2O4S2. The summed E-state index contributed by atoms with van der Waals surface area (Å²) < 4.78 is 29.5. The first-order valence-electron chi connectivity index (χ1n) is 10.3. The molecule has 2 atom stereocenters. The Morgan fingerprint density at radius 2 is 2.03 bits per heavy atom. The molecule has 1 amide bonds. The van der Waals surface area contributed by atoms with Gasteiger partial charge < -0.3 is 9.73 Å². The molecule has 0 bridgehead atoms. The fourth-order valence-electron chi connectivity index (χ4n) is 3.90. The highest BCUT2D eigenvalue weighted by Gasteiger charge is 2.34. The predicted molar refractivity (Wildman–Crippen MR) is 122 cm³/mol. The summed E-state index contributed by atoms with van der Waals surface area (Å²) >= 11 is 1.60. The smallest absolute Gasteiger partial charge is 0.234 e. The van der Waals surface area contributed by atoms with Gasteiger partial charge in [-0.1, -0.05) is 35.9 Å². The number of furan rings is 1. The van der Waals surface area contributed by atoms with Gasteiger partial charge >= 0.3 is 0 Å². The second-order valence-electron chi connectivity index (χ2n) is 7.97. The zero-order valence-electron chi connectivity index (χ0n) is 17.4. The normalized spacial score (nSPS) is 18.8. The van der Waals surface area contributed by atoms with Gasteiger partial charge in [0.15, 0.2) is 9.84 Å². The Morgan fingerprint density at radius 1 is 1.23 bits per heavy atom. The minimum atomic E-state index is -3.06. The fourth-order valence-corrected chi connectivity index (χ4v) is 6.47. The van der Waals surface area contributed by atoms with Gasteiger partial charge in [-0.25, -0.2) is 8.42 Å². The van der Waals surface area contributed by atoms with E-state index < -0.39 is 9.84 Å². The number of hydrogen-bond donors (Lipinski definition) is 1. The lowest BCUT2D eigenvalue weighted by Gasteiger charge is -2.27. The summed E-state index contributed by atoms with van der Waals surface area (Å²) in [6, 6.07) is 15.3. The molecule has 0 spiro atoms. The molecule has 3 heterocycles. The zero-order chi connectivity index (χ0) is 21.8. The first-order valence-corrected chi connectivity index (χ1v) is 13.0. The van der Waals surface area contributed by atoms with E-state index in [2.05, 4.69) is 5.32 Å². The SMILES string of the molecule is Cc1ccc(C(NC(=O)CN(Cc2ccco2)C2CCS(=O)(=O)C2)c2cccs2)cc1. The molecule has 1 aliphatic heterocycles. The van der Waals surface area contributed by atoms with Crippen molar-refractivity contribution in [2.75, 3.05) is 18.1 Å². The lowest BCUT2D eigenvalue weighted by atomic mass is 10.0. The summed E-state index contributed by atoms with van der Waals surface area (Å²) in [6.45, 7) is 2.54. The standard InChI is InChI=1S/C23H26N2O4S2/c1-17-6-8-18(9-7-17)23(21-5-3-12-30-21)24-22(26)15-25(14-20-4-2-11-29-20)19-10-13-31(27,28)16-19/h2-9,11-12,19,23H,10,13-16H2,1H3,(H,24,26). The maximum absolute atomic E-state index is 13.1. The third-order valence-corrected chi connectivity index (χ3v) is 8.24. The van der Waals surface area contributed by atoms with Crippen LogP contribution in [0.25, 0.3) is 0 Å². The minimum absolute atomic E-state index is 0.0767. The molecule has 1 aromatic carbocycles. The molecule has 1 aliphatic rings. The Hall–Kier alpha value is -2.42. The van der Waals surface area contributed by atoms with Crippen LogP contribution in [0, 0.1) is 6.92 Å². The van der Waals surface area contributed by atoms with Crippen LogP contribution in [0.15, 0.2) is 64.6 Å². The molecule has 31 heavy (non-hydrogen) atoms. The van der Waals surface area contributed by atoms with Crippen LogP contribution in [0.2, 0.25) is 0 Å². The summed E-state index contributed by atoms with van der Waals surface area (Å²) in [5.74, 6) is 0.808. The highest BCUT2D eigenvalue weighted by atomic mass is 32.2. The van der Waals surface area contributed by atoms with Crippen LogP contribution in [0.4, 0.5) is 0 Å². The van der Waals surface area contributed by atoms with Crippen LogP contribution < -0.4 is 5.32 Å². The topological polar surface area (TPSA) is 79.6 Å². The van der Waals surface area contributed by atoms with Crippen molar-refractivity contribution in [1.82, 2.24) is 10.2 Å². The van der Waals surface area contributed by atoms with Crippen molar-refractivity contribution in [3.8, 4) is 0 Å². The number of benzene rings is 1. The van der Waals surface area contributed by atoms with Crippen LogP contribution in [0.3, 0.4) is 0 Å². The van der Waals surface area contributed by atoms with E-state index in [1.807, 2.05) is 59.7 Å². The van der Waals surface area contributed by atoms with E-state index in [1.165, 1.54) is 0 Å². The number of nitrogens with zero attached hydrogens (tertiary/aromatic N) is 1. The highest BCUT2D eigenvalue weighted by molar-refractivity contribution is 7.91. The van der Waals surface area contributed by atoms with E-state index in [1.54, 1.807) is 23.7 Å². The molecule has 2 unspecified atom stereocenters. The van der Waals surface area contributed by atoms with Gasteiger partial charge in [-0.05, 0) is 42.5 Å². The van der Waals surface area contributed by atoms with Gasteiger partial charge in [0.25, 0.3) is 0 Å². The molecule has 0 aliphatic carbocycles. The lowest BCUT2D eigenvalue weighted by molar-refractivity contribution is -0.123. The number of aryl methyl sites for hydroxylation is 1. The molecule has 6 nitrogen and oxygen atoms in total. The number of amides is 1. The largest absolute Gasteiger partial charge is 0.468 e. The van der Waals surface area contributed by atoms with Crippen molar-refractivity contribution in [2.24, 2.45) is 0 Å². The van der Waals surface area contributed by atoms with Crippen molar-refractivity contribution in [3.05, 3.63) is 81.9 Å². The molecule has 1 saturated heterocycles. The molecule has 1 fully saturated rings. The van der Waals surface area contributed by atoms with E-state index >= 15 is 0 Å². The van der Waals surface area contributed by atoms with E-state index in [0.29, 0.717) is 18.7 Å². The van der Waals surface area contributed by atoms with Crippen molar-refractivity contribution in [1.29, 1.82) is 0 Å². The van der Waals surface area contributed by atoms with E-state index in [-0.39, 0.29) is 36.0 Å². The zero-order valence-corrected chi connectivity index (χ0v) is 19.0. The third kappa shape index (κ3) is 5.64. The van der Waals surface area contributed by atoms with Crippen LogP contribution in [0.1, 0.15) is 34.2 Å². The first kappa shape index (κ1) is 21.8. The monoisotopic (exact) mass is 458 g/mol. The second kappa shape index (κ2) is 9.38. The predicted octanol–water partition coefficient (Wildman–Crippen LogP) is 3.54. The Morgan fingerprint density at radius 3 is 2.65 bits per heavy atom. The molecule has 3 aromatic rings. The van der Waals surface area contributed by atoms with Crippen molar-refractivity contribution >= 4 is 27.1 Å². The average molecular weight is 459 g/mol. The fraction of sp³-hybridized carbons (Fsp3) is 0.348. The van der Waals surface area contributed by atoms with E-state index in [9.17, 15) is 13.2 Å². The number of nitrogens with one attached hydrogen (secondary N) is 1. The Labute approximate surface area is 186 Å². The minimum Gasteiger partial charge on any atom is -0.468 e. The van der Waals surface area contributed by atoms with Crippen molar-refractivity contribution < 1.29 is 17.6 Å². The van der Waals surface area contributed by atoms with E-state index in [4.69, 9.17) is 4.42 Å². The van der Waals surface area contributed by atoms with Gasteiger partial charge in [0, 0.05) is 10.9 Å². The quantitative estimate of drug-likeness (QED) is 0.559. The molecule has 164 valence electrons. The van der Waals surface area contributed by atoms with Crippen LogP contribution in [-0.4, -0.2) is 43.3 Å². The van der Waals surface area contributed by atoms with Crippen molar-refractivity contribution in [3.63, 3.8) is 0 Å². The number of hydrogen-bond acceptors (Lipinski definition) is 6. The Balaban J connectivity index is 1.51. The van der Waals surface area contributed by atoms with Crippen molar-refractivity contribution in [2.45, 2.75) is 32.0 Å². The molecule has 0 radical (unpaired) electrons. The summed E-state index contributed by atoms with van der Waals surface area (Å²) in [5, 5.41) is 5.15. The maximum atomic E-state index is 13.1. The number of thiophene rings is 1. The molecular weight excluding hydrogens is 432 g/mol. The third-order valence-electron chi connectivity index (χ3n) is 5.55. The number of rotatable bonds is 8. The number of carbonyl (C=O) groups excluding carboxylic acids is 1. The first-order chi connectivity index (χ1) is 14.9. The average Bonchev–Trinajstić information content (AvgIpc) is 3.49. The molecule has 4 rings (SSSR count). The Kier molecular flexibility index (Phi) is 6.60. The van der Waals surface area contributed by atoms with Gasteiger partial charge in [-0.3, -0.25) is 9.69 Å². The lowest BCUT2D eigenvalue weighted by Crippen LogP contribution is -2.44. The summed E-state index contributed by atoms with van der Waals surface area (Å²) in [5.41, 5.74) is 2.18. The maximum Gasteiger partial charge on any atom is 0.234 e. The molecule has 8 heteroatoms. The highest BCUT2D eigenvalue weighted by Crippen LogP contribution is 2.27. The summed E-state index contributed by atoms with van der Waals surface area (Å²) in [4.78, 5) is 16.1. The summed E-state index contributed by atoms with van der Waals surface area (Å²) in [6.07, 6.45) is 2.12. The molecule has 1 N–H and O–H groups in total.